The minimum Gasteiger partial charge on any atom is -0.463 e. The quantitative estimate of drug-likeness (QED) is 0.685. The molecule has 1 aromatic carbocycles. The number of rotatable bonds is 3. The molecule has 0 radical (unpaired) electrons. The molecular weight excluding hydrogens is 300 g/mol. The first-order valence-electron chi connectivity index (χ1n) is 5.11. The minimum absolute atomic E-state index is 0.0421. The highest BCUT2D eigenvalue weighted by atomic mass is 79.9. The summed E-state index contributed by atoms with van der Waals surface area (Å²) in [6, 6.07) is 5.57. The number of hydrogen-bond donors (Lipinski definition) is 1. The van der Waals surface area contributed by atoms with Gasteiger partial charge in [0.25, 0.3) is 5.82 Å². The standard InChI is InChI=1S/C11H11BrN4O2/c1-18-11(17)10-14-6-16(15-10)5-7-2-8(12)4-9(13)3-7/h2-4,6H,5,13H2,1H3. The molecule has 0 unspecified atom stereocenters. The van der Waals surface area contributed by atoms with Gasteiger partial charge < -0.3 is 10.5 Å². The minimum atomic E-state index is -0.553. The highest BCUT2D eigenvalue weighted by Gasteiger charge is 2.11. The number of nitrogens with two attached hydrogens (primary N) is 1. The molecule has 6 nitrogen and oxygen atoms in total. The maximum absolute atomic E-state index is 11.2. The van der Waals surface area contributed by atoms with Gasteiger partial charge in [-0.3, -0.25) is 0 Å². The SMILES string of the molecule is COC(=O)c1ncn(Cc2cc(N)cc(Br)c2)n1. The van der Waals surface area contributed by atoms with Crippen LogP contribution in [0.25, 0.3) is 0 Å². The Kier molecular flexibility index (Phi) is 3.61. The largest absolute Gasteiger partial charge is 0.463 e. The van der Waals surface area contributed by atoms with Crippen LogP contribution in [-0.4, -0.2) is 27.8 Å². The summed E-state index contributed by atoms with van der Waals surface area (Å²) in [4.78, 5) is 15.1. The second-order valence-electron chi connectivity index (χ2n) is 3.65. The van der Waals surface area contributed by atoms with Crippen molar-refractivity contribution in [3.05, 3.63) is 40.4 Å². The van der Waals surface area contributed by atoms with Crippen molar-refractivity contribution in [1.29, 1.82) is 0 Å². The first-order valence-corrected chi connectivity index (χ1v) is 5.90. The van der Waals surface area contributed by atoms with Crippen molar-refractivity contribution >= 4 is 27.6 Å². The van der Waals surface area contributed by atoms with Crippen molar-refractivity contribution < 1.29 is 9.53 Å². The predicted octanol–water partition coefficient (Wildman–Crippen LogP) is 1.46. The Morgan fingerprint density at radius 3 is 2.94 bits per heavy atom. The van der Waals surface area contributed by atoms with E-state index in [0.717, 1.165) is 10.0 Å². The zero-order chi connectivity index (χ0) is 13.1. The molecule has 1 heterocycles. The third kappa shape index (κ3) is 2.86. The topological polar surface area (TPSA) is 83.0 Å². The number of nitrogens with zero attached hydrogens (tertiary/aromatic N) is 3. The van der Waals surface area contributed by atoms with E-state index in [1.54, 1.807) is 4.68 Å². The molecule has 0 amide bonds. The number of carbonyl (C=O) groups is 1. The van der Waals surface area contributed by atoms with Crippen molar-refractivity contribution in [3.8, 4) is 0 Å². The molecule has 0 spiro atoms. The lowest BCUT2D eigenvalue weighted by molar-refractivity contribution is 0.0586. The molecule has 2 N–H and O–H groups in total. The lowest BCUT2D eigenvalue weighted by Gasteiger charge is -2.03. The van der Waals surface area contributed by atoms with Gasteiger partial charge in [-0.05, 0) is 23.8 Å². The predicted molar refractivity (Wildman–Crippen MR) is 69.0 cm³/mol. The fourth-order valence-corrected chi connectivity index (χ4v) is 2.07. The Bertz CT molecular complexity index is 562. The molecule has 0 fully saturated rings. The van der Waals surface area contributed by atoms with E-state index in [4.69, 9.17) is 5.73 Å². The van der Waals surface area contributed by atoms with Crippen LogP contribution in [0.5, 0.6) is 0 Å². The van der Waals surface area contributed by atoms with Crippen molar-refractivity contribution in [2.75, 3.05) is 12.8 Å². The normalized spacial score (nSPS) is 10.3. The summed E-state index contributed by atoms with van der Waals surface area (Å²) in [6.45, 7) is 0.480. The molecule has 1 aromatic heterocycles. The van der Waals surface area contributed by atoms with E-state index in [0.29, 0.717) is 12.2 Å². The van der Waals surface area contributed by atoms with Crippen molar-refractivity contribution in [1.82, 2.24) is 14.8 Å². The summed E-state index contributed by atoms with van der Waals surface area (Å²) in [5.74, 6) is -0.511. The Morgan fingerprint density at radius 1 is 1.50 bits per heavy atom. The van der Waals surface area contributed by atoms with Gasteiger partial charge in [0.1, 0.15) is 6.33 Å². The molecule has 18 heavy (non-hydrogen) atoms. The number of esters is 1. The van der Waals surface area contributed by atoms with Gasteiger partial charge in [0.2, 0.25) is 0 Å². The van der Waals surface area contributed by atoms with Crippen LogP contribution < -0.4 is 5.73 Å². The molecule has 0 aliphatic rings. The number of benzene rings is 1. The van der Waals surface area contributed by atoms with Crippen LogP contribution in [-0.2, 0) is 11.3 Å². The maximum atomic E-state index is 11.2. The molecule has 0 saturated heterocycles. The molecule has 2 rings (SSSR count). The van der Waals surface area contributed by atoms with Gasteiger partial charge in [-0.1, -0.05) is 15.9 Å². The third-order valence-corrected chi connectivity index (χ3v) is 2.69. The zero-order valence-corrected chi connectivity index (χ0v) is 11.2. The molecule has 2 aromatic rings. The molecule has 0 aliphatic carbocycles. The summed E-state index contributed by atoms with van der Waals surface area (Å²) in [5.41, 5.74) is 7.36. The van der Waals surface area contributed by atoms with Crippen molar-refractivity contribution in [2.24, 2.45) is 0 Å². The molecule has 7 heteroatoms. The summed E-state index contributed by atoms with van der Waals surface area (Å²) >= 11 is 3.37. The third-order valence-electron chi connectivity index (χ3n) is 2.23. The summed E-state index contributed by atoms with van der Waals surface area (Å²) in [5, 5.41) is 4.01. The average molecular weight is 311 g/mol. The van der Waals surface area contributed by atoms with Gasteiger partial charge in [0.15, 0.2) is 0 Å². The van der Waals surface area contributed by atoms with E-state index in [-0.39, 0.29) is 5.82 Å². The van der Waals surface area contributed by atoms with E-state index < -0.39 is 5.97 Å². The second kappa shape index (κ2) is 5.18. The van der Waals surface area contributed by atoms with Gasteiger partial charge in [0, 0.05) is 10.2 Å². The maximum Gasteiger partial charge on any atom is 0.377 e. The number of nitrogen functional groups attached to an aromatic ring is 1. The lowest BCUT2D eigenvalue weighted by atomic mass is 10.2. The monoisotopic (exact) mass is 310 g/mol. The van der Waals surface area contributed by atoms with E-state index in [2.05, 4.69) is 30.7 Å². The highest BCUT2D eigenvalue weighted by Crippen LogP contribution is 2.17. The Labute approximate surface area is 112 Å². The first-order chi connectivity index (χ1) is 8.58. The van der Waals surface area contributed by atoms with E-state index in [9.17, 15) is 4.79 Å². The second-order valence-corrected chi connectivity index (χ2v) is 4.57. The molecule has 0 atom stereocenters. The number of aromatic nitrogens is 3. The molecule has 0 saturated carbocycles. The fraction of sp³-hybridized carbons (Fsp3) is 0.182. The van der Waals surface area contributed by atoms with Gasteiger partial charge in [-0.15, -0.1) is 5.10 Å². The van der Waals surface area contributed by atoms with Crippen LogP contribution in [0.1, 0.15) is 16.2 Å². The Morgan fingerprint density at radius 2 is 2.28 bits per heavy atom. The summed E-state index contributed by atoms with van der Waals surface area (Å²) in [6.07, 6.45) is 1.48. The molecule has 0 aliphatic heterocycles. The molecule has 0 bridgehead atoms. The lowest BCUT2D eigenvalue weighted by Crippen LogP contribution is -2.06. The van der Waals surface area contributed by atoms with Gasteiger partial charge >= 0.3 is 5.97 Å². The highest BCUT2D eigenvalue weighted by molar-refractivity contribution is 9.10. The van der Waals surface area contributed by atoms with Crippen molar-refractivity contribution in [3.63, 3.8) is 0 Å². The number of ether oxygens (including phenoxy) is 1. The van der Waals surface area contributed by atoms with E-state index in [1.807, 2.05) is 18.2 Å². The molecular formula is C11H11BrN4O2. The number of hydrogen-bond acceptors (Lipinski definition) is 5. The van der Waals surface area contributed by atoms with Crippen LogP contribution in [0.4, 0.5) is 5.69 Å². The fourth-order valence-electron chi connectivity index (χ4n) is 1.51. The Hall–Kier alpha value is -1.89. The van der Waals surface area contributed by atoms with E-state index >= 15 is 0 Å². The van der Waals surface area contributed by atoms with Crippen LogP contribution >= 0.6 is 15.9 Å². The van der Waals surface area contributed by atoms with Gasteiger partial charge in [0.05, 0.1) is 13.7 Å². The number of methoxy groups -OCH3 is 1. The number of halogens is 1. The zero-order valence-electron chi connectivity index (χ0n) is 9.63. The smallest absolute Gasteiger partial charge is 0.377 e. The summed E-state index contributed by atoms with van der Waals surface area (Å²) in [7, 11) is 1.29. The van der Waals surface area contributed by atoms with Crippen LogP contribution in [0.15, 0.2) is 29.0 Å². The van der Waals surface area contributed by atoms with Gasteiger partial charge in [-0.25, -0.2) is 14.5 Å². The summed E-state index contributed by atoms with van der Waals surface area (Å²) < 4.78 is 6.98. The van der Waals surface area contributed by atoms with Gasteiger partial charge in [-0.2, -0.15) is 0 Å². The first kappa shape index (κ1) is 12.6. The number of carbonyl (C=O) groups excluding carboxylic acids is 1. The number of anilines is 1. The average Bonchev–Trinajstić information content (AvgIpc) is 2.75. The Balaban J connectivity index is 2.18. The van der Waals surface area contributed by atoms with Crippen LogP contribution in [0, 0.1) is 0 Å². The van der Waals surface area contributed by atoms with Crippen LogP contribution in [0.2, 0.25) is 0 Å². The van der Waals surface area contributed by atoms with E-state index in [1.165, 1.54) is 13.4 Å². The molecule has 94 valence electrons. The van der Waals surface area contributed by atoms with Crippen molar-refractivity contribution in [2.45, 2.75) is 6.54 Å². The van der Waals surface area contributed by atoms with Crippen LogP contribution in [0.3, 0.4) is 0 Å².